The fourth-order valence-corrected chi connectivity index (χ4v) is 4.21. The molecule has 0 unspecified atom stereocenters. The van der Waals surface area contributed by atoms with E-state index in [-0.39, 0.29) is 5.91 Å². The van der Waals surface area contributed by atoms with Gasteiger partial charge < -0.3 is 9.32 Å². The summed E-state index contributed by atoms with van der Waals surface area (Å²) in [4.78, 5) is 17.4. The molecular formula is C29H23BrN2O2. The van der Waals surface area contributed by atoms with Crippen molar-refractivity contribution in [2.24, 2.45) is 0 Å². The van der Waals surface area contributed by atoms with Crippen LogP contribution >= 0.6 is 15.9 Å². The fraction of sp³-hybridized carbons (Fsp3) is 0.0690. The van der Waals surface area contributed by atoms with E-state index >= 15 is 0 Å². The molecule has 2 heterocycles. The largest absolute Gasteiger partial charge is 0.457 e. The van der Waals surface area contributed by atoms with Gasteiger partial charge in [-0.15, -0.1) is 0 Å². The Balaban J connectivity index is 1.52. The number of amides is 1. The van der Waals surface area contributed by atoms with Crippen LogP contribution in [0.1, 0.15) is 11.3 Å². The number of halogens is 1. The van der Waals surface area contributed by atoms with Crippen LogP contribution in [0.5, 0.6) is 0 Å². The molecule has 1 aliphatic heterocycles. The summed E-state index contributed by atoms with van der Waals surface area (Å²) in [5.41, 5.74) is 5.28. The molecule has 3 aromatic carbocycles. The van der Waals surface area contributed by atoms with Crippen molar-refractivity contribution < 1.29 is 9.21 Å². The van der Waals surface area contributed by atoms with Gasteiger partial charge in [0.25, 0.3) is 5.91 Å². The Morgan fingerprint density at radius 2 is 1.53 bits per heavy atom. The van der Waals surface area contributed by atoms with Crippen LogP contribution in [-0.4, -0.2) is 20.0 Å². The van der Waals surface area contributed by atoms with E-state index in [1.54, 1.807) is 4.90 Å². The number of carbonyl (C=O) groups excluding carboxylic acids is 1. The molecule has 0 N–H and O–H groups in total. The van der Waals surface area contributed by atoms with Crippen molar-refractivity contribution in [2.75, 3.05) is 23.9 Å². The number of nitrogens with zero attached hydrogens (tertiary/aromatic N) is 2. The number of benzene rings is 3. The minimum absolute atomic E-state index is 0.0851. The zero-order valence-electron chi connectivity index (χ0n) is 18.9. The van der Waals surface area contributed by atoms with Crippen LogP contribution < -0.4 is 9.80 Å². The second kappa shape index (κ2) is 9.20. The molecule has 5 rings (SSSR count). The molecule has 0 aliphatic carbocycles. The van der Waals surface area contributed by atoms with Crippen molar-refractivity contribution in [3.05, 3.63) is 118 Å². The van der Waals surface area contributed by atoms with Gasteiger partial charge in [0, 0.05) is 41.1 Å². The highest BCUT2D eigenvalue weighted by atomic mass is 79.9. The minimum Gasteiger partial charge on any atom is -0.457 e. The summed E-state index contributed by atoms with van der Waals surface area (Å²) in [6, 6.07) is 29.7. The number of furan rings is 1. The maximum atomic E-state index is 13.6. The van der Waals surface area contributed by atoms with Gasteiger partial charge in [0.05, 0.1) is 5.70 Å². The van der Waals surface area contributed by atoms with Crippen molar-refractivity contribution in [1.29, 1.82) is 0 Å². The normalized spacial score (nSPS) is 14.6. The summed E-state index contributed by atoms with van der Waals surface area (Å²) in [5, 5.41) is 0. The SMILES string of the molecule is CN(C)c1ccc(N2C(=O)C(=Cc3ccc(-c4ccc(Br)cc4)o3)C=C2c2ccccc2)cc1. The average molecular weight is 511 g/mol. The van der Waals surface area contributed by atoms with Gasteiger partial charge in [0.1, 0.15) is 11.5 Å². The van der Waals surface area contributed by atoms with Gasteiger partial charge in [0.15, 0.2) is 0 Å². The van der Waals surface area contributed by atoms with Gasteiger partial charge in [-0.25, -0.2) is 0 Å². The molecule has 0 saturated heterocycles. The predicted molar refractivity (Wildman–Crippen MR) is 142 cm³/mol. The maximum Gasteiger partial charge on any atom is 0.263 e. The molecule has 4 aromatic rings. The van der Waals surface area contributed by atoms with Crippen LogP contribution in [0.2, 0.25) is 0 Å². The van der Waals surface area contributed by atoms with E-state index in [1.807, 2.05) is 122 Å². The molecule has 0 atom stereocenters. The number of hydrogen-bond donors (Lipinski definition) is 0. The van der Waals surface area contributed by atoms with Gasteiger partial charge >= 0.3 is 0 Å². The second-order valence-corrected chi connectivity index (χ2v) is 9.17. The molecule has 1 aliphatic rings. The quantitative estimate of drug-likeness (QED) is 0.265. The van der Waals surface area contributed by atoms with Gasteiger partial charge in [-0.05, 0) is 66.2 Å². The van der Waals surface area contributed by atoms with E-state index < -0.39 is 0 Å². The molecule has 0 spiro atoms. The Hall–Kier alpha value is -3.83. The summed E-state index contributed by atoms with van der Waals surface area (Å²) in [6.45, 7) is 0. The molecule has 4 nitrogen and oxygen atoms in total. The lowest BCUT2D eigenvalue weighted by atomic mass is 10.1. The first-order chi connectivity index (χ1) is 16.5. The van der Waals surface area contributed by atoms with Gasteiger partial charge in [-0.1, -0.05) is 58.4 Å². The maximum absolute atomic E-state index is 13.6. The highest BCUT2D eigenvalue weighted by molar-refractivity contribution is 9.10. The Morgan fingerprint density at radius 1 is 0.824 bits per heavy atom. The number of hydrogen-bond acceptors (Lipinski definition) is 3. The molecule has 5 heteroatoms. The zero-order valence-corrected chi connectivity index (χ0v) is 20.5. The van der Waals surface area contributed by atoms with Crippen molar-refractivity contribution in [2.45, 2.75) is 0 Å². The third-order valence-electron chi connectivity index (χ3n) is 5.73. The second-order valence-electron chi connectivity index (χ2n) is 8.26. The Kier molecular flexibility index (Phi) is 5.95. The monoisotopic (exact) mass is 510 g/mol. The molecule has 0 saturated carbocycles. The fourth-order valence-electron chi connectivity index (χ4n) is 3.95. The predicted octanol–water partition coefficient (Wildman–Crippen LogP) is 7.25. The topological polar surface area (TPSA) is 36.7 Å². The third kappa shape index (κ3) is 4.35. The van der Waals surface area contributed by atoms with Crippen LogP contribution in [0.3, 0.4) is 0 Å². The summed E-state index contributed by atoms with van der Waals surface area (Å²) in [5.74, 6) is 1.31. The average Bonchev–Trinajstić information content (AvgIpc) is 3.45. The molecule has 34 heavy (non-hydrogen) atoms. The molecule has 0 radical (unpaired) electrons. The van der Waals surface area contributed by atoms with Crippen molar-refractivity contribution in [3.8, 4) is 11.3 Å². The lowest BCUT2D eigenvalue weighted by Crippen LogP contribution is -2.25. The van der Waals surface area contributed by atoms with E-state index in [4.69, 9.17) is 4.42 Å². The van der Waals surface area contributed by atoms with Gasteiger partial charge in [-0.3, -0.25) is 9.69 Å². The standard InChI is InChI=1S/C29H23BrN2O2/c1-31(2)24-12-14-25(15-13-24)32-27(20-6-4-3-5-7-20)19-22(29(32)33)18-26-16-17-28(34-26)21-8-10-23(30)11-9-21/h3-19H,1-2H3. The first-order valence-electron chi connectivity index (χ1n) is 11.0. The zero-order chi connectivity index (χ0) is 23.7. The van der Waals surface area contributed by atoms with Crippen molar-refractivity contribution >= 4 is 45.0 Å². The Bertz CT molecular complexity index is 1380. The number of anilines is 2. The number of rotatable bonds is 5. The van der Waals surface area contributed by atoms with Crippen LogP contribution in [0.25, 0.3) is 23.1 Å². The Morgan fingerprint density at radius 3 is 2.21 bits per heavy atom. The van der Waals surface area contributed by atoms with Crippen molar-refractivity contribution in [1.82, 2.24) is 0 Å². The lowest BCUT2D eigenvalue weighted by Gasteiger charge is -2.22. The number of carbonyl (C=O) groups is 1. The summed E-state index contributed by atoms with van der Waals surface area (Å²) >= 11 is 3.46. The highest BCUT2D eigenvalue weighted by Gasteiger charge is 2.30. The summed E-state index contributed by atoms with van der Waals surface area (Å²) < 4.78 is 7.06. The third-order valence-corrected chi connectivity index (χ3v) is 6.26. The highest BCUT2D eigenvalue weighted by Crippen LogP contribution is 2.36. The first kappa shape index (κ1) is 22.0. The summed E-state index contributed by atoms with van der Waals surface area (Å²) in [7, 11) is 4.00. The molecule has 1 aromatic heterocycles. The molecule has 1 amide bonds. The smallest absolute Gasteiger partial charge is 0.263 e. The Labute approximate surface area is 207 Å². The van der Waals surface area contributed by atoms with Crippen molar-refractivity contribution in [3.63, 3.8) is 0 Å². The molecule has 168 valence electrons. The molecule has 0 bridgehead atoms. The van der Waals surface area contributed by atoms with Gasteiger partial charge in [-0.2, -0.15) is 0 Å². The lowest BCUT2D eigenvalue weighted by molar-refractivity contribution is -0.113. The van der Waals surface area contributed by atoms with E-state index in [0.717, 1.165) is 38.4 Å². The van der Waals surface area contributed by atoms with Crippen LogP contribution in [0.15, 0.2) is 112 Å². The van der Waals surface area contributed by atoms with Crippen LogP contribution in [0.4, 0.5) is 11.4 Å². The van der Waals surface area contributed by atoms with Crippen LogP contribution in [-0.2, 0) is 4.79 Å². The minimum atomic E-state index is -0.0851. The van der Waals surface area contributed by atoms with E-state index in [9.17, 15) is 4.79 Å². The van der Waals surface area contributed by atoms with Crippen LogP contribution in [0, 0.1) is 0 Å². The van der Waals surface area contributed by atoms with E-state index in [0.29, 0.717) is 11.3 Å². The molecule has 0 fully saturated rings. The molecular weight excluding hydrogens is 488 g/mol. The first-order valence-corrected chi connectivity index (χ1v) is 11.8. The van der Waals surface area contributed by atoms with E-state index in [1.165, 1.54) is 0 Å². The summed E-state index contributed by atoms with van der Waals surface area (Å²) in [6.07, 6.45) is 3.74. The van der Waals surface area contributed by atoms with E-state index in [2.05, 4.69) is 15.9 Å². The van der Waals surface area contributed by atoms with Gasteiger partial charge in [0.2, 0.25) is 0 Å².